The van der Waals surface area contributed by atoms with E-state index in [9.17, 15) is 4.79 Å². The number of nitrogens with two attached hydrogens (primary N) is 2. The highest BCUT2D eigenvalue weighted by Gasteiger charge is 2.13. The first-order valence-corrected chi connectivity index (χ1v) is 11.5. The molecule has 0 aliphatic carbocycles. The third-order valence-electron chi connectivity index (χ3n) is 4.43. The van der Waals surface area contributed by atoms with Gasteiger partial charge in [0.15, 0.2) is 11.1 Å². The minimum Gasteiger partial charge on any atom is -0.370 e. The number of nitrogens with zero attached hydrogens (tertiary/aromatic N) is 2. The van der Waals surface area contributed by atoms with Crippen LogP contribution < -0.4 is 16.8 Å². The molecule has 0 fully saturated rings. The van der Waals surface area contributed by atoms with Crippen LogP contribution in [0.5, 0.6) is 0 Å². The number of thiazole rings is 1. The summed E-state index contributed by atoms with van der Waals surface area (Å²) in [7, 11) is 0. The first kappa shape index (κ1) is 24.7. The Morgan fingerprint density at radius 1 is 1.06 bits per heavy atom. The van der Waals surface area contributed by atoms with Crippen molar-refractivity contribution >= 4 is 58.2 Å². The maximum absolute atomic E-state index is 11.5. The second-order valence-corrected chi connectivity index (χ2v) is 8.76. The lowest BCUT2D eigenvalue weighted by molar-refractivity contribution is -0.114. The summed E-state index contributed by atoms with van der Waals surface area (Å²) in [6.07, 6.45) is 4.49. The average Bonchev–Trinajstić information content (AvgIpc) is 3.08. The van der Waals surface area contributed by atoms with E-state index >= 15 is 0 Å². The summed E-state index contributed by atoms with van der Waals surface area (Å²) in [5.41, 5.74) is 15.0. The number of nitrogens with one attached hydrogen (secondary N) is 1. The molecule has 1 heterocycles. The molecule has 0 aliphatic rings. The molecule has 31 heavy (non-hydrogen) atoms. The Hall–Kier alpha value is -2.55. The van der Waals surface area contributed by atoms with Crippen LogP contribution in [0.1, 0.15) is 28.6 Å². The summed E-state index contributed by atoms with van der Waals surface area (Å²) in [4.78, 5) is 22.6. The molecular formula is C22H26ClN5OS2. The van der Waals surface area contributed by atoms with Crippen molar-refractivity contribution in [1.29, 1.82) is 0 Å². The summed E-state index contributed by atoms with van der Waals surface area (Å²) < 4.78 is 0. The third-order valence-corrected chi connectivity index (χ3v) is 6.19. The molecule has 0 radical (unpaired) electrons. The van der Waals surface area contributed by atoms with E-state index in [1.807, 2.05) is 24.3 Å². The number of carbonyl (C=O) groups is 1. The molecule has 0 atom stereocenters. The van der Waals surface area contributed by atoms with E-state index in [0.717, 1.165) is 30.6 Å². The number of halogens is 1. The number of aryl methyl sites for hydroxylation is 2. The molecule has 5 N–H and O–H groups in total. The zero-order valence-electron chi connectivity index (χ0n) is 17.4. The lowest BCUT2D eigenvalue weighted by Crippen LogP contribution is -2.21. The van der Waals surface area contributed by atoms with Crippen LogP contribution in [0.4, 0.5) is 10.8 Å². The molecule has 3 aromatic rings. The SMILES string of the molecule is CSc1ccc(Cc2sc(NC(C)=O)nc2CCc2ccc(N=C(N)N)cc2)cc1.Cl. The van der Waals surface area contributed by atoms with Gasteiger partial charge in [-0.05, 0) is 54.5 Å². The number of rotatable bonds is 8. The van der Waals surface area contributed by atoms with Gasteiger partial charge in [0.25, 0.3) is 0 Å². The van der Waals surface area contributed by atoms with Gasteiger partial charge in [-0.15, -0.1) is 35.5 Å². The quantitative estimate of drug-likeness (QED) is 0.252. The van der Waals surface area contributed by atoms with Crippen LogP contribution in [0.15, 0.2) is 58.4 Å². The smallest absolute Gasteiger partial charge is 0.223 e. The second kappa shape index (κ2) is 11.7. The van der Waals surface area contributed by atoms with Gasteiger partial charge in [0.05, 0.1) is 11.4 Å². The molecule has 3 rings (SSSR count). The van der Waals surface area contributed by atoms with Crippen molar-refractivity contribution < 1.29 is 4.79 Å². The summed E-state index contributed by atoms with van der Waals surface area (Å²) in [5.74, 6) is -0.0626. The Morgan fingerprint density at radius 3 is 2.29 bits per heavy atom. The van der Waals surface area contributed by atoms with Crippen LogP contribution in [0, 0.1) is 0 Å². The fourth-order valence-electron chi connectivity index (χ4n) is 3.00. The van der Waals surface area contributed by atoms with Crippen molar-refractivity contribution in [2.45, 2.75) is 31.1 Å². The van der Waals surface area contributed by atoms with Gasteiger partial charge in [-0.2, -0.15) is 0 Å². The molecule has 6 nitrogen and oxygen atoms in total. The van der Waals surface area contributed by atoms with Gasteiger partial charge in [0.1, 0.15) is 0 Å². The third kappa shape index (κ3) is 7.57. The number of guanidine groups is 1. The van der Waals surface area contributed by atoms with Crippen LogP contribution in [0.25, 0.3) is 0 Å². The monoisotopic (exact) mass is 475 g/mol. The number of benzene rings is 2. The molecule has 1 amide bonds. The molecule has 0 bridgehead atoms. The van der Waals surface area contributed by atoms with Gasteiger partial charge in [-0.3, -0.25) is 4.79 Å². The van der Waals surface area contributed by atoms with Crippen molar-refractivity contribution in [1.82, 2.24) is 4.98 Å². The van der Waals surface area contributed by atoms with Gasteiger partial charge in [0, 0.05) is 23.1 Å². The highest BCUT2D eigenvalue weighted by molar-refractivity contribution is 7.98. The first-order valence-electron chi connectivity index (χ1n) is 9.50. The number of anilines is 1. The van der Waals surface area contributed by atoms with Crippen molar-refractivity contribution in [3.63, 3.8) is 0 Å². The van der Waals surface area contributed by atoms with E-state index in [1.54, 1.807) is 23.1 Å². The zero-order valence-corrected chi connectivity index (χ0v) is 19.9. The lowest BCUT2D eigenvalue weighted by atomic mass is 10.0. The fourth-order valence-corrected chi connectivity index (χ4v) is 4.50. The fraction of sp³-hybridized carbons (Fsp3) is 0.227. The lowest BCUT2D eigenvalue weighted by Gasteiger charge is -2.05. The van der Waals surface area contributed by atoms with Gasteiger partial charge in [-0.25, -0.2) is 9.98 Å². The van der Waals surface area contributed by atoms with Crippen molar-refractivity contribution in [2.24, 2.45) is 16.5 Å². The summed E-state index contributed by atoms with van der Waals surface area (Å²) in [5, 5.41) is 3.47. The minimum absolute atomic E-state index is 0. The summed E-state index contributed by atoms with van der Waals surface area (Å²) in [6, 6.07) is 16.4. The van der Waals surface area contributed by atoms with Crippen LogP contribution in [-0.2, 0) is 24.1 Å². The number of amides is 1. The van der Waals surface area contributed by atoms with E-state index in [0.29, 0.717) is 5.13 Å². The molecule has 9 heteroatoms. The maximum atomic E-state index is 11.5. The Bertz CT molecular complexity index is 1030. The Balaban J connectivity index is 0.00000341. The molecule has 0 saturated heterocycles. The van der Waals surface area contributed by atoms with E-state index in [4.69, 9.17) is 11.5 Å². The van der Waals surface area contributed by atoms with Gasteiger partial charge >= 0.3 is 0 Å². The Morgan fingerprint density at radius 2 is 1.71 bits per heavy atom. The molecule has 0 saturated carbocycles. The van der Waals surface area contributed by atoms with Crippen LogP contribution >= 0.6 is 35.5 Å². The van der Waals surface area contributed by atoms with Gasteiger partial charge in [0.2, 0.25) is 5.91 Å². The standard InChI is InChI=1S/C22H25N5OS2.ClH/c1-14(28)25-22-27-19(12-7-15-3-8-17(9-4-15)26-21(23)24)20(30-22)13-16-5-10-18(29-2)11-6-16;/h3-6,8-11H,7,12-13H2,1-2H3,(H4,23,24,26)(H,25,27,28);1H. The Labute approximate surface area is 197 Å². The number of thioether (sulfide) groups is 1. The molecule has 1 aromatic heterocycles. The van der Waals surface area contributed by atoms with E-state index in [2.05, 4.69) is 45.8 Å². The molecule has 0 unspecified atom stereocenters. The van der Waals surface area contributed by atoms with E-state index in [1.165, 1.54) is 27.8 Å². The molecular weight excluding hydrogens is 450 g/mol. The molecule has 0 spiro atoms. The largest absolute Gasteiger partial charge is 0.370 e. The Kier molecular flexibility index (Phi) is 9.36. The van der Waals surface area contributed by atoms with Gasteiger partial charge < -0.3 is 16.8 Å². The molecule has 0 aliphatic heterocycles. The van der Waals surface area contributed by atoms with Crippen LogP contribution in [0.3, 0.4) is 0 Å². The molecule has 164 valence electrons. The van der Waals surface area contributed by atoms with Crippen molar-refractivity contribution in [2.75, 3.05) is 11.6 Å². The number of hydrogen-bond donors (Lipinski definition) is 3. The highest BCUT2D eigenvalue weighted by atomic mass is 35.5. The van der Waals surface area contributed by atoms with Crippen molar-refractivity contribution in [3.8, 4) is 0 Å². The maximum Gasteiger partial charge on any atom is 0.223 e. The minimum atomic E-state index is -0.110. The predicted molar refractivity (Wildman–Crippen MR) is 134 cm³/mol. The summed E-state index contributed by atoms with van der Waals surface area (Å²) in [6.45, 7) is 1.50. The second-order valence-electron chi connectivity index (χ2n) is 6.80. The number of hydrogen-bond acceptors (Lipinski definition) is 5. The topological polar surface area (TPSA) is 106 Å². The van der Waals surface area contributed by atoms with E-state index < -0.39 is 0 Å². The van der Waals surface area contributed by atoms with Gasteiger partial charge in [-0.1, -0.05) is 24.3 Å². The predicted octanol–water partition coefficient (Wildman–Crippen LogP) is 4.53. The van der Waals surface area contributed by atoms with Crippen molar-refractivity contribution in [3.05, 3.63) is 70.2 Å². The number of aliphatic imine (C=N–C) groups is 1. The van der Waals surface area contributed by atoms with E-state index in [-0.39, 0.29) is 24.3 Å². The number of carbonyl (C=O) groups excluding carboxylic acids is 1. The molecule has 2 aromatic carbocycles. The van der Waals surface area contributed by atoms with Crippen LogP contribution in [-0.4, -0.2) is 23.1 Å². The zero-order chi connectivity index (χ0) is 21.5. The normalized spacial score (nSPS) is 10.3. The highest BCUT2D eigenvalue weighted by Crippen LogP contribution is 2.28. The number of aromatic nitrogens is 1. The first-order chi connectivity index (χ1) is 14.4. The van der Waals surface area contributed by atoms with Crippen LogP contribution in [0.2, 0.25) is 0 Å². The average molecular weight is 476 g/mol. The summed E-state index contributed by atoms with van der Waals surface area (Å²) >= 11 is 3.27.